The van der Waals surface area contributed by atoms with E-state index in [1.54, 1.807) is 0 Å². The number of rotatable bonds is 5. The van der Waals surface area contributed by atoms with Crippen LogP contribution in [-0.4, -0.2) is 94.0 Å². The summed E-state index contributed by atoms with van der Waals surface area (Å²) in [6, 6.07) is 7.22. The van der Waals surface area contributed by atoms with Gasteiger partial charge in [-0.1, -0.05) is 0 Å². The number of ether oxygens (including phenoxy) is 2. The summed E-state index contributed by atoms with van der Waals surface area (Å²) in [7, 11) is 0. The Labute approximate surface area is 231 Å². The van der Waals surface area contributed by atoms with Gasteiger partial charge in [-0.05, 0) is 82.3 Å². The fourth-order valence-corrected chi connectivity index (χ4v) is 6.24. The molecule has 5 heterocycles. The standard InChI is InChI=1S/C28H38N6O3.H2S/c1-19-12-22-15-29-34(25(22)13-24(19)21-4-7-32(8-5-21)23-6-10-36-16-23)27-14-26(30-20(2)31-27)33-9-11-37-28(3,17-33)18-35;/h12-15,21,23,35H,4-11,16-18H2,1-3H3;1H2/t23-,28?;/m0./s1. The third-order valence-electron chi connectivity index (χ3n) is 8.37. The molecule has 3 aliphatic heterocycles. The van der Waals surface area contributed by atoms with Crippen molar-refractivity contribution in [2.45, 2.75) is 57.6 Å². The summed E-state index contributed by atoms with van der Waals surface area (Å²) in [6.07, 6.45) is 5.45. The van der Waals surface area contributed by atoms with Crippen LogP contribution in [0.3, 0.4) is 0 Å². The Kier molecular flexibility index (Phi) is 7.98. The lowest BCUT2D eigenvalue weighted by atomic mass is 9.86. The van der Waals surface area contributed by atoms with E-state index in [0.717, 1.165) is 55.4 Å². The second kappa shape index (κ2) is 11.1. The van der Waals surface area contributed by atoms with Crippen LogP contribution >= 0.6 is 13.5 Å². The van der Waals surface area contributed by atoms with Crippen molar-refractivity contribution in [1.82, 2.24) is 24.6 Å². The van der Waals surface area contributed by atoms with E-state index in [2.05, 4.69) is 28.9 Å². The van der Waals surface area contributed by atoms with E-state index >= 15 is 0 Å². The molecule has 38 heavy (non-hydrogen) atoms. The third-order valence-corrected chi connectivity index (χ3v) is 8.37. The Morgan fingerprint density at radius 3 is 2.55 bits per heavy atom. The zero-order chi connectivity index (χ0) is 25.6. The molecule has 206 valence electrons. The Bertz CT molecular complexity index is 1270. The fourth-order valence-electron chi connectivity index (χ4n) is 6.24. The fraction of sp³-hybridized carbons (Fsp3) is 0.607. The number of morpholine rings is 1. The maximum Gasteiger partial charge on any atom is 0.159 e. The van der Waals surface area contributed by atoms with E-state index in [0.29, 0.717) is 30.9 Å². The molecule has 9 nitrogen and oxygen atoms in total. The maximum atomic E-state index is 9.81. The van der Waals surface area contributed by atoms with E-state index in [4.69, 9.17) is 24.5 Å². The summed E-state index contributed by atoms with van der Waals surface area (Å²) in [5.74, 6) is 2.85. The molecule has 0 spiro atoms. The van der Waals surface area contributed by atoms with Gasteiger partial charge in [0.1, 0.15) is 17.2 Å². The van der Waals surface area contributed by atoms with Gasteiger partial charge in [-0.3, -0.25) is 4.90 Å². The van der Waals surface area contributed by atoms with Gasteiger partial charge in [0.15, 0.2) is 5.82 Å². The summed E-state index contributed by atoms with van der Waals surface area (Å²) in [4.78, 5) is 14.3. The molecule has 1 N–H and O–H groups in total. The van der Waals surface area contributed by atoms with Crippen molar-refractivity contribution in [3.05, 3.63) is 41.3 Å². The monoisotopic (exact) mass is 540 g/mol. The first-order valence-electron chi connectivity index (χ1n) is 13.6. The molecular weight excluding hydrogens is 500 g/mol. The average Bonchev–Trinajstić information content (AvgIpc) is 3.58. The number of fused-ring (bicyclic) bond motifs is 1. The topological polar surface area (TPSA) is 88.8 Å². The first-order valence-corrected chi connectivity index (χ1v) is 13.6. The molecule has 0 bridgehead atoms. The number of aliphatic hydroxyl groups is 1. The highest BCUT2D eigenvalue weighted by Crippen LogP contribution is 2.35. The van der Waals surface area contributed by atoms with Crippen molar-refractivity contribution < 1.29 is 14.6 Å². The number of hydrogen-bond donors (Lipinski definition) is 1. The molecule has 0 amide bonds. The van der Waals surface area contributed by atoms with Gasteiger partial charge in [-0.15, -0.1) is 0 Å². The summed E-state index contributed by atoms with van der Waals surface area (Å²) < 4.78 is 13.4. The van der Waals surface area contributed by atoms with E-state index in [1.165, 1.54) is 30.4 Å². The molecule has 2 aromatic heterocycles. The van der Waals surface area contributed by atoms with Gasteiger partial charge in [0.05, 0.1) is 38.1 Å². The SMILES string of the molecule is Cc1nc(N2CCOC(C)(CO)C2)cc(-n2ncc3cc(C)c(C4CCN([C@H]5CCOC5)CC4)cc32)n1.S. The number of aryl methyl sites for hydroxylation is 2. The normalized spacial score (nSPS) is 25.2. The van der Waals surface area contributed by atoms with Crippen LogP contribution in [0.15, 0.2) is 24.4 Å². The Morgan fingerprint density at radius 1 is 1.03 bits per heavy atom. The van der Waals surface area contributed by atoms with E-state index in [9.17, 15) is 5.11 Å². The smallest absolute Gasteiger partial charge is 0.159 e. The van der Waals surface area contributed by atoms with Crippen LogP contribution in [-0.2, 0) is 9.47 Å². The van der Waals surface area contributed by atoms with Gasteiger partial charge in [0.25, 0.3) is 0 Å². The summed E-state index contributed by atoms with van der Waals surface area (Å²) in [5, 5.41) is 15.7. The highest BCUT2D eigenvalue weighted by molar-refractivity contribution is 7.59. The second-order valence-electron chi connectivity index (χ2n) is 11.2. The zero-order valence-electron chi connectivity index (χ0n) is 22.7. The molecule has 3 aromatic rings. The molecule has 1 unspecified atom stereocenters. The van der Waals surface area contributed by atoms with E-state index in [-0.39, 0.29) is 20.1 Å². The molecule has 3 aliphatic rings. The minimum atomic E-state index is -0.595. The minimum absolute atomic E-state index is 0. The summed E-state index contributed by atoms with van der Waals surface area (Å²) in [5.41, 5.74) is 3.25. The van der Waals surface area contributed by atoms with Crippen LogP contribution in [0.2, 0.25) is 0 Å². The van der Waals surface area contributed by atoms with E-state index < -0.39 is 5.60 Å². The van der Waals surface area contributed by atoms with Crippen LogP contribution in [0, 0.1) is 13.8 Å². The molecule has 0 radical (unpaired) electrons. The predicted molar refractivity (Wildman–Crippen MR) is 153 cm³/mol. The van der Waals surface area contributed by atoms with Crippen molar-refractivity contribution in [2.24, 2.45) is 0 Å². The second-order valence-corrected chi connectivity index (χ2v) is 11.2. The first-order chi connectivity index (χ1) is 17.9. The number of nitrogens with zero attached hydrogens (tertiary/aromatic N) is 6. The lowest BCUT2D eigenvalue weighted by Gasteiger charge is -2.40. The van der Waals surface area contributed by atoms with Crippen LogP contribution in [0.5, 0.6) is 0 Å². The highest BCUT2D eigenvalue weighted by Gasteiger charge is 2.33. The summed E-state index contributed by atoms with van der Waals surface area (Å²) in [6.45, 7) is 12.0. The van der Waals surface area contributed by atoms with Crippen molar-refractivity contribution in [3.8, 4) is 5.82 Å². The molecule has 0 aliphatic carbocycles. The molecule has 3 saturated heterocycles. The van der Waals surface area contributed by atoms with Gasteiger partial charge < -0.3 is 19.5 Å². The highest BCUT2D eigenvalue weighted by atomic mass is 32.1. The number of benzene rings is 1. The van der Waals surface area contributed by atoms with Gasteiger partial charge >= 0.3 is 0 Å². The van der Waals surface area contributed by atoms with Gasteiger partial charge in [0.2, 0.25) is 0 Å². The van der Waals surface area contributed by atoms with Crippen LogP contribution in [0.25, 0.3) is 16.7 Å². The molecule has 6 rings (SSSR count). The number of aliphatic hydroxyl groups excluding tert-OH is 1. The first kappa shape index (κ1) is 27.3. The zero-order valence-corrected chi connectivity index (χ0v) is 23.7. The predicted octanol–water partition coefficient (Wildman–Crippen LogP) is 3.10. The average molecular weight is 541 g/mol. The van der Waals surface area contributed by atoms with Gasteiger partial charge in [0, 0.05) is 30.6 Å². The minimum Gasteiger partial charge on any atom is -0.393 e. The third kappa shape index (κ3) is 5.29. The Hall–Kier alpha value is -2.24. The van der Waals surface area contributed by atoms with Crippen molar-refractivity contribution in [1.29, 1.82) is 0 Å². The van der Waals surface area contributed by atoms with Crippen molar-refractivity contribution in [2.75, 3.05) is 57.5 Å². The number of piperidine rings is 1. The summed E-state index contributed by atoms with van der Waals surface area (Å²) >= 11 is 0. The number of likely N-dealkylation sites (tertiary alicyclic amines) is 1. The van der Waals surface area contributed by atoms with Crippen molar-refractivity contribution >= 4 is 30.2 Å². The van der Waals surface area contributed by atoms with E-state index in [1.807, 2.05) is 30.8 Å². The van der Waals surface area contributed by atoms with Gasteiger partial charge in [-0.2, -0.15) is 18.6 Å². The number of anilines is 1. The Balaban J connectivity index is 0.00000294. The van der Waals surface area contributed by atoms with Crippen LogP contribution in [0.1, 0.15) is 49.1 Å². The molecule has 0 saturated carbocycles. The number of aromatic nitrogens is 4. The lowest BCUT2D eigenvalue weighted by molar-refractivity contribution is -0.0745. The van der Waals surface area contributed by atoms with Crippen molar-refractivity contribution in [3.63, 3.8) is 0 Å². The maximum absolute atomic E-state index is 9.81. The van der Waals surface area contributed by atoms with Crippen LogP contribution in [0.4, 0.5) is 5.82 Å². The molecule has 2 atom stereocenters. The molecular formula is C28H40N6O3S. The number of hydrogen-bond acceptors (Lipinski definition) is 8. The van der Waals surface area contributed by atoms with Gasteiger partial charge in [-0.25, -0.2) is 14.6 Å². The molecule has 1 aromatic carbocycles. The molecule has 3 fully saturated rings. The molecule has 10 heteroatoms. The quantitative estimate of drug-likeness (QED) is 0.528. The Morgan fingerprint density at radius 2 is 1.82 bits per heavy atom. The lowest BCUT2D eigenvalue weighted by Crippen LogP contribution is -2.52. The largest absolute Gasteiger partial charge is 0.393 e. The van der Waals surface area contributed by atoms with Crippen LogP contribution < -0.4 is 4.90 Å².